The minimum atomic E-state index is 0.478. The summed E-state index contributed by atoms with van der Waals surface area (Å²) < 4.78 is 11.3. The lowest BCUT2D eigenvalue weighted by Crippen LogP contribution is -2.17. The van der Waals surface area contributed by atoms with Crippen LogP contribution in [0.5, 0.6) is 11.5 Å². The van der Waals surface area contributed by atoms with Gasteiger partial charge in [0.2, 0.25) is 5.95 Å². The fourth-order valence-corrected chi connectivity index (χ4v) is 3.59. The molecule has 7 nitrogen and oxygen atoms in total. The molecule has 0 saturated heterocycles. The van der Waals surface area contributed by atoms with Gasteiger partial charge in [0.1, 0.15) is 24.7 Å². The molecule has 0 spiro atoms. The molecule has 1 aliphatic heterocycles. The van der Waals surface area contributed by atoms with E-state index < -0.39 is 0 Å². The van der Waals surface area contributed by atoms with Crippen LogP contribution in [0.3, 0.4) is 0 Å². The monoisotopic (exact) mass is 350 g/mol. The highest BCUT2D eigenvalue weighted by molar-refractivity contribution is 5.88. The molecular formula is C19H20N5O2. The van der Waals surface area contributed by atoms with Crippen LogP contribution in [0.4, 0.5) is 17.5 Å². The summed E-state index contributed by atoms with van der Waals surface area (Å²) in [5.74, 6) is 2.65. The zero-order valence-electron chi connectivity index (χ0n) is 14.3. The van der Waals surface area contributed by atoms with E-state index in [0.717, 1.165) is 22.5 Å². The number of aromatic nitrogens is 3. The van der Waals surface area contributed by atoms with Gasteiger partial charge in [-0.15, -0.1) is 0 Å². The maximum Gasteiger partial charge on any atom is 0.231 e. The van der Waals surface area contributed by atoms with Crippen molar-refractivity contribution in [2.75, 3.05) is 23.8 Å². The quantitative estimate of drug-likeness (QED) is 0.666. The van der Waals surface area contributed by atoms with Crippen molar-refractivity contribution in [3.63, 3.8) is 0 Å². The highest BCUT2D eigenvalue weighted by atomic mass is 16.6. The number of ether oxygens (including phenoxy) is 2. The van der Waals surface area contributed by atoms with Crippen LogP contribution in [0, 0.1) is 6.07 Å². The predicted octanol–water partition coefficient (Wildman–Crippen LogP) is 3.63. The van der Waals surface area contributed by atoms with E-state index in [2.05, 4.69) is 26.7 Å². The van der Waals surface area contributed by atoms with E-state index >= 15 is 0 Å². The Morgan fingerprint density at radius 3 is 2.92 bits per heavy atom. The van der Waals surface area contributed by atoms with Crippen molar-refractivity contribution >= 4 is 28.5 Å². The van der Waals surface area contributed by atoms with Crippen molar-refractivity contribution in [3.8, 4) is 11.5 Å². The number of rotatable bonds is 4. The molecule has 0 bridgehead atoms. The van der Waals surface area contributed by atoms with Crippen molar-refractivity contribution in [2.45, 2.75) is 31.7 Å². The molecule has 1 aliphatic carbocycles. The summed E-state index contributed by atoms with van der Waals surface area (Å²) in [6.07, 6.45) is 6.80. The number of aromatic amines is 1. The van der Waals surface area contributed by atoms with Gasteiger partial charge in [-0.05, 0) is 31.0 Å². The molecule has 133 valence electrons. The summed E-state index contributed by atoms with van der Waals surface area (Å²) in [5.41, 5.74) is 1.58. The van der Waals surface area contributed by atoms with Crippen LogP contribution in [-0.4, -0.2) is 34.2 Å². The summed E-state index contributed by atoms with van der Waals surface area (Å²) in [6, 6.07) is 9.23. The normalized spacial score (nSPS) is 16.8. The third-order valence-electron chi connectivity index (χ3n) is 4.85. The Balaban J connectivity index is 1.49. The Kier molecular flexibility index (Phi) is 3.77. The molecule has 3 N–H and O–H groups in total. The SMILES string of the molecule is [c]1ccc(Nc2nc(NC3CCCC3)c3cc[nH]c3n2)c2c1OCCO2. The topological polar surface area (TPSA) is 84.1 Å². The van der Waals surface area contributed by atoms with Crippen molar-refractivity contribution < 1.29 is 9.47 Å². The molecule has 0 amide bonds. The lowest BCUT2D eigenvalue weighted by molar-refractivity contribution is 0.172. The van der Waals surface area contributed by atoms with Crippen molar-refractivity contribution in [2.24, 2.45) is 0 Å². The van der Waals surface area contributed by atoms with Crippen LogP contribution in [0.15, 0.2) is 24.4 Å². The molecule has 1 fully saturated rings. The second-order valence-corrected chi connectivity index (χ2v) is 6.63. The largest absolute Gasteiger partial charge is 0.485 e. The maximum absolute atomic E-state index is 5.74. The fourth-order valence-electron chi connectivity index (χ4n) is 3.59. The van der Waals surface area contributed by atoms with Gasteiger partial charge in [-0.2, -0.15) is 9.97 Å². The lowest BCUT2D eigenvalue weighted by atomic mass is 10.2. The third-order valence-corrected chi connectivity index (χ3v) is 4.85. The van der Waals surface area contributed by atoms with Gasteiger partial charge in [0.25, 0.3) is 0 Å². The van der Waals surface area contributed by atoms with Crippen LogP contribution in [0.1, 0.15) is 25.7 Å². The number of anilines is 3. The van der Waals surface area contributed by atoms with Crippen LogP contribution in [0.2, 0.25) is 0 Å². The van der Waals surface area contributed by atoms with Gasteiger partial charge in [-0.1, -0.05) is 12.8 Å². The second-order valence-electron chi connectivity index (χ2n) is 6.63. The zero-order valence-corrected chi connectivity index (χ0v) is 14.3. The van der Waals surface area contributed by atoms with Crippen molar-refractivity contribution in [1.82, 2.24) is 15.0 Å². The molecule has 3 heterocycles. The maximum atomic E-state index is 5.74. The number of fused-ring (bicyclic) bond motifs is 2. The molecule has 2 aliphatic rings. The van der Waals surface area contributed by atoms with Gasteiger partial charge >= 0.3 is 0 Å². The van der Waals surface area contributed by atoms with Gasteiger partial charge in [-0.3, -0.25) is 0 Å². The first-order valence-electron chi connectivity index (χ1n) is 9.06. The van der Waals surface area contributed by atoms with E-state index in [1.165, 1.54) is 25.7 Å². The number of hydrogen-bond donors (Lipinski definition) is 3. The molecule has 2 aromatic heterocycles. The van der Waals surface area contributed by atoms with E-state index in [1.807, 2.05) is 18.3 Å². The highest BCUT2D eigenvalue weighted by Crippen LogP contribution is 2.38. The summed E-state index contributed by atoms with van der Waals surface area (Å²) in [6.45, 7) is 1.05. The third kappa shape index (κ3) is 2.79. The summed E-state index contributed by atoms with van der Waals surface area (Å²) in [5, 5.41) is 7.86. The minimum absolute atomic E-state index is 0.478. The zero-order chi connectivity index (χ0) is 17.3. The Morgan fingerprint density at radius 1 is 1.12 bits per heavy atom. The Morgan fingerprint density at radius 2 is 2.00 bits per heavy atom. The van der Waals surface area contributed by atoms with Crippen molar-refractivity contribution in [3.05, 3.63) is 30.5 Å². The summed E-state index contributed by atoms with van der Waals surface area (Å²) in [4.78, 5) is 12.5. The van der Waals surface area contributed by atoms with Gasteiger partial charge in [0.15, 0.2) is 11.5 Å². The molecule has 5 rings (SSSR count). The van der Waals surface area contributed by atoms with Gasteiger partial charge in [-0.25, -0.2) is 0 Å². The molecule has 26 heavy (non-hydrogen) atoms. The average molecular weight is 350 g/mol. The molecular weight excluding hydrogens is 330 g/mol. The number of nitrogens with one attached hydrogen (secondary N) is 3. The van der Waals surface area contributed by atoms with Crippen LogP contribution >= 0.6 is 0 Å². The molecule has 3 aromatic rings. The summed E-state index contributed by atoms with van der Waals surface area (Å²) >= 11 is 0. The number of H-pyrrole nitrogens is 1. The lowest BCUT2D eigenvalue weighted by Gasteiger charge is -2.21. The standard InChI is InChI=1S/C19H20N5O2/c1-2-5-12(4-1)21-18-13-8-9-20-17(13)23-19(24-18)22-14-6-3-7-15-16(14)26-11-10-25-15/h3,6,8-9,12H,1-2,4-5,10-11H2,(H3,20,21,22,23,24). The van der Waals surface area contributed by atoms with Crippen LogP contribution < -0.4 is 20.1 Å². The minimum Gasteiger partial charge on any atom is -0.485 e. The van der Waals surface area contributed by atoms with Gasteiger partial charge < -0.3 is 25.1 Å². The molecule has 0 unspecified atom stereocenters. The Labute approximate surface area is 151 Å². The molecule has 0 atom stereocenters. The Hall–Kier alpha value is -2.96. The highest BCUT2D eigenvalue weighted by Gasteiger charge is 2.20. The van der Waals surface area contributed by atoms with Gasteiger partial charge in [0.05, 0.1) is 11.1 Å². The summed E-state index contributed by atoms with van der Waals surface area (Å²) in [7, 11) is 0. The first kappa shape index (κ1) is 15.3. The van der Waals surface area contributed by atoms with Crippen LogP contribution in [-0.2, 0) is 0 Å². The van der Waals surface area contributed by atoms with E-state index in [1.54, 1.807) is 6.07 Å². The van der Waals surface area contributed by atoms with E-state index in [0.29, 0.717) is 36.7 Å². The van der Waals surface area contributed by atoms with Gasteiger partial charge in [0, 0.05) is 18.3 Å². The van der Waals surface area contributed by atoms with E-state index in [9.17, 15) is 0 Å². The molecule has 7 heteroatoms. The Bertz CT molecular complexity index is 933. The first-order chi connectivity index (χ1) is 12.9. The van der Waals surface area contributed by atoms with E-state index in [-0.39, 0.29) is 0 Å². The molecule has 1 saturated carbocycles. The molecule has 1 radical (unpaired) electrons. The van der Waals surface area contributed by atoms with Crippen LogP contribution in [0.25, 0.3) is 11.0 Å². The smallest absolute Gasteiger partial charge is 0.231 e. The predicted molar refractivity (Wildman–Crippen MR) is 99.3 cm³/mol. The number of nitrogens with zero attached hydrogens (tertiary/aromatic N) is 2. The average Bonchev–Trinajstić information content (AvgIpc) is 3.34. The number of benzene rings is 1. The number of hydrogen-bond acceptors (Lipinski definition) is 6. The first-order valence-corrected chi connectivity index (χ1v) is 9.06. The van der Waals surface area contributed by atoms with Crippen molar-refractivity contribution in [1.29, 1.82) is 0 Å². The van der Waals surface area contributed by atoms with E-state index in [4.69, 9.17) is 14.5 Å². The fraction of sp³-hybridized carbons (Fsp3) is 0.368. The second kappa shape index (κ2) is 6.40. The molecule has 1 aromatic carbocycles.